The Kier molecular flexibility index (Phi) is 6.15. The molecule has 0 aliphatic carbocycles. The van der Waals surface area contributed by atoms with Gasteiger partial charge in [0.1, 0.15) is 5.82 Å². The van der Waals surface area contributed by atoms with Crippen molar-refractivity contribution < 1.29 is 14.0 Å². The van der Waals surface area contributed by atoms with Crippen molar-refractivity contribution in [1.82, 2.24) is 10.2 Å². The maximum absolute atomic E-state index is 13.6. The molecule has 9 heteroatoms. The summed E-state index contributed by atoms with van der Waals surface area (Å²) in [6.07, 6.45) is 0. The molecule has 2 amide bonds. The van der Waals surface area contributed by atoms with E-state index in [-0.39, 0.29) is 22.4 Å². The summed E-state index contributed by atoms with van der Waals surface area (Å²) < 4.78 is 14.1. The predicted octanol–water partition coefficient (Wildman–Crippen LogP) is 3.97. The first-order chi connectivity index (χ1) is 13.0. The number of benzene rings is 2. The molecule has 3 rings (SSSR count). The van der Waals surface area contributed by atoms with E-state index < -0.39 is 11.7 Å². The summed E-state index contributed by atoms with van der Waals surface area (Å²) in [5, 5.41) is 13.3. The molecule has 0 fully saturated rings. The highest BCUT2D eigenvalue weighted by Gasteiger charge is 2.14. The Bertz CT molecular complexity index is 977. The zero-order valence-electron chi connectivity index (χ0n) is 14.2. The maximum Gasteiger partial charge on any atom is 0.260 e. The minimum absolute atomic E-state index is 0.0700. The molecular formula is C18H15FN4O2S2. The number of aryl methyl sites for hydroxylation is 1. The predicted molar refractivity (Wildman–Crippen MR) is 105 cm³/mol. The van der Waals surface area contributed by atoms with Gasteiger partial charge < -0.3 is 5.32 Å². The van der Waals surface area contributed by atoms with Gasteiger partial charge in [0.05, 0.1) is 11.3 Å². The highest BCUT2D eigenvalue weighted by atomic mass is 32.2. The number of rotatable bonds is 6. The average molecular weight is 402 g/mol. The van der Waals surface area contributed by atoms with Crippen LogP contribution in [0.5, 0.6) is 0 Å². The van der Waals surface area contributed by atoms with Crippen LogP contribution in [0, 0.1) is 12.7 Å². The van der Waals surface area contributed by atoms with Crippen LogP contribution in [0.15, 0.2) is 52.9 Å². The van der Waals surface area contributed by atoms with Gasteiger partial charge >= 0.3 is 0 Å². The first-order valence-electron chi connectivity index (χ1n) is 7.90. The molecule has 0 unspecified atom stereocenters. The van der Waals surface area contributed by atoms with Crippen LogP contribution in [-0.2, 0) is 4.79 Å². The number of amides is 2. The zero-order chi connectivity index (χ0) is 19.2. The highest BCUT2D eigenvalue weighted by Crippen LogP contribution is 2.26. The Morgan fingerprint density at radius 2 is 1.93 bits per heavy atom. The van der Waals surface area contributed by atoms with Gasteiger partial charge in [0.25, 0.3) is 5.91 Å². The van der Waals surface area contributed by atoms with Gasteiger partial charge in [-0.05, 0) is 36.8 Å². The molecule has 0 atom stereocenters. The Hall–Kier alpha value is -2.78. The fourth-order valence-corrected chi connectivity index (χ4v) is 3.72. The summed E-state index contributed by atoms with van der Waals surface area (Å²) in [6, 6.07) is 13.2. The molecule has 27 heavy (non-hydrogen) atoms. The Morgan fingerprint density at radius 1 is 1.11 bits per heavy atom. The topological polar surface area (TPSA) is 84.0 Å². The van der Waals surface area contributed by atoms with E-state index in [9.17, 15) is 14.0 Å². The second-order valence-electron chi connectivity index (χ2n) is 5.51. The number of thioether (sulfide) groups is 1. The molecule has 2 aromatic carbocycles. The number of anilines is 2. The number of hydrogen-bond donors (Lipinski definition) is 2. The van der Waals surface area contributed by atoms with Gasteiger partial charge in [-0.2, -0.15) is 0 Å². The molecule has 0 spiro atoms. The third-order valence-corrected chi connectivity index (χ3v) is 5.35. The van der Waals surface area contributed by atoms with Crippen molar-refractivity contribution in [3.63, 3.8) is 0 Å². The Labute approximate surface area is 163 Å². The molecule has 138 valence electrons. The maximum atomic E-state index is 13.6. The third-order valence-electron chi connectivity index (χ3n) is 3.37. The van der Waals surface area contributed by atoms with Crippen molar-refractivity contribution in [2.45, 2.75) is 11.3 Å². The van der Waals surface area contributed by atoms with Crippen LogP contribution in [0.3, 0.4) is 0 Å². The van der Waals surface area contributed by atoms with Gasteiger partial charge in [-0.3, -0.25) is 14.9 Å². The molecule has 0 aliphatic heterocycles. The number of nitrogens with zero attached hydrogens (tertiary/aromatic N) is 2. The standard InChI is InChI=1S/C18H15FN4O2S2/c1-11-5-4-6-12(9-11)20-15(24)10-26-18-23-22-17(27-18)21-16(25)13-7-2-3-8-14(13)19/h2-9H,10H2,1H3,(H,20,24)(H,21,22,25). The molecule has 0 radical (unpaired) electrons. The van der Waals surface area contributed by atoms with E-state index >= 15 is 0 Å². The lowest BCUT2D eigenvalue weighted by Crippen LogP contribution is -2.13. The van der Waals surface area contributed by atoms with Crippen molar-refractivity contribution in [2.24, 2.45) is 0 Å². The molecular weight excluding hydrogens is 387 g/mol. The van der Waals surface area contributed by atoms with Gasteiger partial charge in [0.2, 0.25) is 11.0 Å². The van der Waals surface area contributed by atoms with Crippen LogP contribution in [0.1, 0.15) is 15.9 Å². The van der Waals surface area contributed by atoms with Crippen LogP contribution >= 0.6 is 23.1 Å². The summed E-state index contributed by atoms with van der Waals surface area (Å²) in [6.45, 7) is 1.95. The SMILES string of the molecule is Cc1cccc(NC(=O)CSc2nnc(NC(=O)c3ccccc3F)s2)c1. The Morgan fingerprint density at radius 3 is 2.70 bits per heavy atom. The van der Waals surface area contributed by atoms with Crippen molar-refractivity contribution in [1.29, 1.82) is 0 Å². The first-order valence-corrected chi connectivity index (χ1v) is 9.70. The van der Waals surface area contributed by atoms with Crippen LogP contribution < -0.4 is 10.6 Å². The minimum Gasteiger partial charge on any atom is -0.325 e. The quantitative estimate of drug-likeness (QED) is 0.481. The van der Waals surface area contributed by atoms with E-state index in [1.54, 1.807) is 6.07 Å². The van der Waals surface area contributed by atoms with Gasteiger partial charge in [-0.25, -0.2) is 4.39 Å². The molecule has 0 saturated carbocycles. The van der Waals surface area contributed by atoms with Gasteiger partial charge in [0.15, 0.2) is 4.34 Å². The van der Waals surface area contributed by atoms with Gasteiger partial charge in [-0.15, -0.1) is 10.2 Å². The van der Waals surface area contributed by atoms with Crippen molar-refractivity contribution >= 4 is 45.7 Å². The second-order valence-corrected chi connectivity index (χ2v) is 7.71. The highest BCUT2D eigenvalue weighted by molar-refractivity contribution is 8.01. The number of halogens is 1. The van der Waals surface area contributed by atoms with E-state index in [1.807, 2.05) is 31.2 Å². The molecule has 3 aromatic rings. The van der Waals surface area contributed by atoms with Crippen molar-refractivity contribution in [3.8, 4) is 0 Å². The number of hydrogen-bond acceptors (Lipinski definition) is 6. The summed E-state index contributed by atoms with van der Waals surface area (Å²) in [5.74, 6) is -1.22. The second kappa shape index (κ2) is 8.74. The van der Waals surface area contributed by atoms with Crippen LogP contribution in [-0.4, -0.2) is 27.8 Å². The van der Waals surface area contributed by atoms with E-state index in [0.717, 1.165) is 22.6 Å². The van der Waals surface area contributed by atoms with Crippen LogP contribution in [0.25, 0.3) is 0 Å². The van der Waals surface area contributed by atoms with Crippen LogP contribution in [0.4, 0.5) is 15.2 Å². The lowest BCUT2D eigenvalue weighted by molar-refractivity contribution is -0.113. The summed E-state index contributed by atoms with van der Waals surface area (Å²) >= 11 is 2.33. The van der Waals surface area contributed by atoms with E-state index in [0.29, 0.717) is 4.34 Å². The van der Waals surface area contributed by atoms with E-state index in [4.69, 9.17) is 0 Å². The zero-order valence-corrected chi connectivity index (χ0v) is 15.9. The molecule has 0 bridgehead atoms. The normalized spacial score (nSPS) is 10.4. The molecule has 6 nitrogen and oxygen atoms in total. The largest absolute Gasteiger partial charge is 0.325 e. The lowest BCUT2D eigenvalue weighted by Gasteiger charge is -2.04. The summed E-state index contributed by atoms with van der Waals surface area (Å²) in [5.41, 5.74) is 1.72. The van der Waals surface area contributed by atoms with Crippen LogP contribution in [0.2, 0.25) is 0 Å². The summed E-state index contributed by atoms with van der Waals surface area (Å²) in [4.78, 5) is 24.1. The molecule has 0 saturated heterocycles. The minimum atomic E-state index is -0.609. The molecule has 1 heterocycles. The Balaban J connectivity index is 1.53. The van der Waals surface area contributed by atoms with Gasteiger partial charge in [-0.1, -0.05) is 47.4 Å². The van der Waals surface area contributed by atoms with Gasteiger partial charge in [0, 0.05) is 5.69 Å². The number of carbonyl (C=O) groups excluding carboxylic acids is 2. The molecule has 0 aliphatic rings. The fraction of sp³-hybridized carbons (Fsp3) is 0.111. The van der Waals surface area contributed by atoms with E-state index in [2.05, 4.69) is 20.8 Å². The molecule has 2 N–H and O–H groups in total. The monoisotopic (exact) mass is 402 g/mol. The first kappa shape index (κ1) is 19.0. The smallest absolute Gasteiger partial charge is 0.260 e. The lowest BCUT2D eigenvalue weighted by atomic mass is 10.2. The fourth-order valence-electron chi connectivity index (χ4n) is 2.18. The third kappa shape index (κ3) is 5.35. The number of nitrogens with one attached hydrogen (secondary N) is 2. The number of carbonyl (C=O) groups is 2. The van der Waals surface area contributed by atoms with Crippen molar-refractivity contribution in [3.05, 3.63) is 65.5 Å². The molecule has 1 aromatic heterocycles. The average Bonchev–Trinajstić information content (AvgIpc) is 3.08. The van der Waals surface area contributed by atoms with Crippen molar-refractivity contribution in [2.75, 3.05) is 16.4 Å². The van der Waals surface area contributed by atoms with E-state index in [1.165, 1.54) is 30.0 Å². The summed E-state index contributed by atoms with van der Waals surface area (Å²) in [7, 11) is 0. The number of aromatic nitrogens is 2.